The zero-order valence-corrected chi connectivity index (χ0v) is 17.0. The molecule has 0 radical (unpaired) electrons. The van der Waals surface area contributed by atoms with Crippen LogP contribution in [0.5, 0.6) is 0 Å². The highest BCUT2D eigenvalue weighted by atomic mass is 15.5. The zero-order valence-electron chi connectivity index (χ0n) is 17.0. The first-order valence-electron chi connectivity index (χ1n) is 10.6. The van der Waals surface area contributed by atoms with Crippen molar-refractivity contribution < 1.29 is 0 Å². The standard InChI is InChI=1S/C26H21N5/c1-2-10-23(26-27-29-30-28-26)20(7-1)19-15-13-18(14-16-19)17-31-24-11-5-3-8-21(24)22-9-4-6-12-25(22)31/h1-3,5-8,10-16H,4,9,17H2,(H,27,28,29,30). The number of tetrazole rings is 1. The first kappa shape index (κ1) is 17.8. The number of rotatable bonds is 4. The second-order valence-electron chi connectivity index (χ2n) is 7.89. The predicted molar refractivity (Wildman–Crippen MR) is 123 cm³/mol. The fourth-order valence-corrected chi connectivity index (χ4v) is 4.62. The fourth-order valence-electron chi connectivity index (χ4n) is 4.62. The molecular weight excluding hydrogens is 382 g/mol. The van der Waals surface area contributed by atoms with Gasteiger partial charge in [-0.15, -0.1) is 10.2 Å². The Morgan fingerprint density at radius 2 is 1.68 bits per heavy atom. The van der Waals surface area contributed by atoms with E-state index in [-0.39, 0.29) is 0 Å². The summed E-state index contributed by atoms with van der Waals surface area (Å²) in [5.74, 6) is 0.608. The number of para-hydroxylation sites is 1. The fraction of sp³-hybridized carbons (Fsp3) is 0.115. The lowest BCUT2D eigenvalue weighted by Crippen LogP contribution is -2.04. The van der Waals surface area contributed by atoms with E-state index in [9.17, 15) is 0 Å². The van der Waals surface area contributed by atoms with Gasteiger partial charge in [0.1, 0.15) is 0 Å². The molecule has 31 heavy (non-hydrogen) atoms. The van der Waals surface area contributed by atoms with Crippen molar-refractivity contribution in [1.29, 1.82) is 0 Å². The van der Waals surface area contributed by atoms with Gasteiger partial charge in [-0.3, -0.25) is 0 Å². The Morgan fingerprint density at radius 3 is 2.52 bits per heavy atom. The van der Waals surface area contributed by atoms with Gasteiger partial charge in [-0.1, -0.05) is 72.8 Å². The highest BCUT2D eigenvalue weighted by molar-refractivity contribution is 5.89. The number of hydrogen-bond donors (Lipinski definition) is 1. The van der Waals surface area contributed by atoms with Gasteiger partial charge < -0.3 is 4.57 Å². The second-order valence-corrected chi connectivity index (χ2v) is 7.89. The number of hydrogen-bond acceptors (Lipinski definition) is 3. The molecule has 1 aliphatic rings. The zero-order chi connectivity index (χ0) is 20.6. The van der Waals surface area contributed by atoms with Gasteiger partial charge in [0.15, 0.2) is 0 Å². The number of allylic oxidation sites excluding steroid dienone is 1. The Labute approximate surface area is 180 Å². The summed E-state index contributed by atoms with van der Waals surface area (Å²) in [7, 11) is 0. The Balaban J connectivity index is 1.37. The van der Waals surface area contributed by atoms with Crippen LogP contribution in [0, 0.1) is 0 Å². The number of benzene rings is 3. The molecule has 6 rings (SSSR count). The highest BCUT2D eigenvalue weighted by Gasteiger charge is 2.17. The quantitative estimate of drug-likeness (QED) is 0.431. The first-order valence-corrected chi connectivity index (χ1v) is 10.6. The van der Waals surface area contributed by atoms with Gasteiger partial charge >= 0.3 is 0 Å². The third-order valence-corrected chi connectivity index (χ3v) is 6.08. The van der Waals surface area contributed by atoms with Crippen molar-refractivity contribution in [2.75, 3.05) is 0 Å². The van der Waals surface area contributed by atoms with E-state index in [1.54, 1.807) is 0 Å². The van der Waals surface area contributed by atoms with Crippen molar-refractivity contribution in [3.63, 3.8) is 0 Å². The molecule has 5 heteroatoms. The molecule has 0 aliphatic heterocycles. The van der Waals surface area contributed by atoms with Crippen LogP contribution < -0.4 is 0 Å². The number of aromatic amines is 1. The van der Waals surface area contributed by atoms with Crippen LogP contribution in [0.3, 0.4) is 0 Å². The molecular formula is C26H21N5. The van der Waals surface area contributed by atoms with Crippen molar-refractivity contribution in [2.24, 2.45) is 0 Å². The van der Waals surface area contributed by atoms with Crippen LogP contribution in [0.4, 0.5) is 0 Å². The molecule has 0 bridgehead atoms. The third kappa shape index (κ3) is 3.06. The molecule has 1 aliphatic carbocycles. The van der Waals surface area contributed by atoms with E-state index in [1.165, 1.54) is 27.7 Å². The summed E-state index contributed by atoms with van der Waals surface area (Å²) < 4.78 is 2.45. The maximum Gasteiger partial charge on any atom is 0.205 e. The molecule has 0 atom stereocenters. The lowest BCUT2D eigenvalue weighted by atomic mass is 9.98. The Morgan fingerprint density at radius 1 is 0.871 bits per heavy atom. The minimum Gasteiger partial charge on any atom is -0.336 e. The van der Waals surface area contributed by atoms with E-state index in [0.717, 1.165) is 36.1 Å². The summed E-state index contributed by atoms with van der Waals surface area (Å²) in [6, 6.07) is 25.7. The molecule has 0 saturated carbocycles. The highest BCUT2D eigenvalue weighted by Crippen LogP contribution is 2.33. The predicted octanol–water partition coefficient (Wildman–Crippen LogP) is 5.50. The molecule has 0 unspecified atom stereocenters. The average molecular weight is 403 g/mol. The number of aromatic nitrogens is 5. The van der Waals surface area contributed by atoms with Crippen molar-refractivity contribution in [3.05, 3.63) is 95.7 Å². The number of H-pyrrole nitrogens is 1. The summed E-state index contributed by atoms with van der Waals surface area (Å²) in [6.45, 7) is 0.854. The van der Waals surface area contributed by atoms with Crippen LogP contribution >= 0.6 is 0 Å². The molecule has 2 heterocycles. The average Bonchev–Trinajstić information content (AvgIpc) is 3.48. The van der Waals surface area contributed by atoms with Gasteiger partial charge in [0.05, 0.1) is 0 Å². The monoisotopic (exact) mass is 403 g/mol. The second kappa shape index (κ2) is 7.36. The van der Waals surface area contributed by atoms with E-state index < -0.39 is 0 Å². The molecule has 2 aromatic heterocycles. The lowest BCUT2D eigenvalue weighted by Gasteiger charge is -2.13. The maximum atomic E-state index is 4.15. The summed E-state index contributed by atoms with van der Waals surface area (Å²) in [5, 5.41) is 15.9. The van der Waals surface area contributed by atoms with Crippen LogP contribution in [0.1, 0.15) is 23.2 Å². The van der Waals surface area contributed by atoms with Crippen molar-refractivity contribution in [2.45, 2.75) is 19.4 Å². The van der Waals surface area contributed by atoms with E-state index >= 15 is 0 Å². The number of nitrogens with zero attached hydrogens (tertiary/aromatic N) is 4. The van der Waals surface area contributed by atoms with Crippen LogP contribution in [0.15, 0.2) is 78.9 Å². The number of nitrogens with one attached hydrogen (secondary N) is 1. The van der Waals surface area contributed by atoms with Crippen molar-refractivity contribution >= 4 is 17.0 Å². The molecule has 3 aromatic carbocycles. The molecule has 0 saturated heterocycles. The van der Waals surface area contributed by atoms with E-state index in [1.807, 2.05) is 18.2 Å². The van der Waals surface area contributed by atoms with Gasteiger partial charge in [0, 0.05) is 28.7 Å². The summed E-state index contributed by atoms with van der Waals surface area (Å²) in [5.41, 5.74) is 8.63. The normalized spacial score (nSPS) is 12.9. The molecule has 5 nitrogen and oxygen atoms in total. The Kier molecular flexibility index (Phi) is 4.24. The Hall–Kier alpha value is -3.99. The molecule has 0 fully saturated rings. The van der Waals surface area contributed by atoms with Crippen molar-refractivity contribution in [1.82, 2.24) is 25.2 Å². The maximum absolute atomic E-state index is 4.15. The third-order valence-electron chi connectivity index (χ3n) is 6.08. The molecule has 150 valence electrons. The van der Waals surface area contributed by atoms with E-state index in [0.29, 0.717) is 5.82 Å². The van der Waals surface area contributed by atoms with E-state index in [4.69, 9.17) is 0 Å². The topological polar surface area (TPSA) is 59.4 Å². The molecule has 0 amide bonds. The largest absolute Gasteiger partial charge is 0.336 e. The SMILES string of the molecule is C1=Cc2c(c3ccccc3n2Cc2ccc(-c3ccccc3-c3nn[nH]n3)cc2)CC1. The minimum atomic E-state index is 0.608. The van der Waals surface area contributed by atoms with Gasteiger partial charge in [-0.25, -0.2) is 0 Å². The molecule has 5 aromatic rings. The minimum absolute atomic E-state index is 0.608. The van der Waals surface area contributed by atoms with Crippen molar-refractivity contribution in [3.8, 4) is 22.5 Å². The number of aryl methyl sites for hydroxylation is 1. The smallest absolute Gasteiger partial charge is 0.205 e. The first-order chi connectivity index (χ1) is 15.4. The van der Waals surface area contributed by atoms with Crippen LogP contribution in [-0.4, -0.2) is 25.2 Å². The Bertz CT molecular complexity index is 1390. The summed E-state index contributed by atoms with van der Waals surface area (Å²) >= 11 is 0. The van der Waals surface area contributed by atoms with Crippen LogP contribution in [0.2, 0.25) is 0 Å². The summed E-state index contributed by atoms with van der Waals surface area (Å²) in [4.78, 5) is 0. The molecule has 1 N–H and O–H groups in total. The summed E-state index contributed by atoms with van der Waals surface area (Å²) in [6.07, 6.45) is 6.81. The van der Waals surface area contributed by atoms with Crippen LogP contribution in [0.25, 0.3) is 39.5 Å². The lowest BCUT2D eigenvalue weighted by molar-refractivity contribution is 0.812. The van der Waals surface area contributed by atoms with E-state index in [2.05, 4.69) is 91.9 Å². The van der Waals surface area contributed by atoms with Crippen LogP contribution in [-0.2, 0) is 13.0 Å². The molecule has 0 spiro atoms. The van der Waals surface area contributed by atoms with Gasteiger partial charge in [0.2, 0.25) is 5.82 Å². The van der Waals surface area contributed by atoms with Gasteiger partial charge in [-0.05, 0) is 52.5 Å². The number of fused-ring (bicyclic) bond motifs is 3. The van der Waals surface area contributed by atoms with Gasteiger partial charge in [0.25, 0.3) is 0 Å². The van der Waals surface area contributed by atoms with Gasteiger partial charge in [-0.2, -0.15) is 5.21 Å².